The summed E-state index contributed by atoms with van der Waals surface area (Å²) in [5, 5.41) is 0. The molecule has 0 unspecified atom stereocenters. The van der Waals surface area contributed by atoms with Gasteiger partial charge in [0.1, 0.15) is 0 Å². The first-order valence-electron chi connectivity index (χ1n) is 12.0. The van der Waals surface area contributed by atoms with Crippen LogP contribution in [0.15, 0.2) is 12.2 Å². The second kappa shape index (κ2) is 7.88. The van der Waals surface area contributed by atoms with Gasteiger partial charge in [-0.25, -0.2) is 0 Å². The van der Waals surface area contributed by atoms with Gasteiger partial charge in [0.25, 0.3) is 0 Å². The van der Waals surface area contributed by atoms with E-state index in [0.29, 0.717) is 18.5 Å². The van der Waals surface area contributed by atoms with Crippen molar-refractivity contribution in [3.8, 4) is 0 Å². The van der Waals surface area contributed by atoms with E-state index in [1.165, 1.54) is 43.4 Å². The summed E-state index contributed by atoms with van der Waals surface area (Å²) in [6.45, 7) is 0.277. The third-order valence-electron chi connectivity index (χ3n) is 8.34. The summed E-state index contributed by atoms with van der Waals surface area (Å²) in [5.41, 5.74) is 0. The molecule has 3 amide bonds. The number of hydrogen-bond donors (Lipinski definition) is 0. The summed E-state index contributed by atoms with van der Waals surface area (Å²) < 4.78 is 0. The minimum absolute atomic E-state index is 0.0217. The zero-order valence-corrected chi connectivity index (χ0v) is 17.4. The molecule has 0 aromatic rings. The Bertz CT molecular complexity index is 657. The van der Waals surface area contributed by atoms with Crippen molar-refractivity contribution in [2.24, 2.45) is 23.7 Å². The molecule has 5 nitrogen and oxygen atoms in total. The Kier molecular flexibility index (Phi) is 5.25. The molecule has 0 N–H and O–H groups in total. The van der Waals surface area contributed by atoms with Crippen LogP contribution in [0.25, 0.3) is 0 Å². The number of hydrogen-bond acceptors (Lipinski definition) is 3. The van der Waals surface area contributed by atoms with Crippen molar-refractivity contribution >= 4 is 17.7 Å². The molecule has 4 aliphatic carbocycles. The summed E-state index contributed by atoms with van der Waals surface area (Å²) >= 11 is 0. The normalized spacial score (nSPS) is 34.8. The number of amides is 3. The van der Waals surface area contributed by atoms with Gasteiger partial charge in [-0.1, -0.05) is 50.7 Å². The Morgan fingerprint density at radius 2 is 1.31 bits per heavy atom. The van der Waals surface area contributed by atoms with Gasteiger partial charge in [0.05, 0.1) is 11.8 Å². The van der Waals surface area contributed by atoms with Crippen LogP contribution in [0.2, 0.25) is 0 Å². The number of fused-ring (bicyclic) bond motifs is 5. The number of allylic oxidation sites excluding steroid dienone is 2. The summed E-state index contributed by atoms with van der Waals surface area (Å²) in [6.07, 6.45) is 17.4. The second-order valence-electron chi connectivity index (χ2n) is 9.96. The molecule has 0 spiro atoms. The number of likely N-dealkylation sites (tertiary alicyclic amines) is 1. The van der Waals surface area contributed by atoms with Crippen molar-refractivity contribution in [1.29, 1.82) is 0 Å². The molecule has 4 atom stereocenters. The highest BCUT2D eigenvalue weighted by Crippen LogP contribution is 2.52. The standard InChI is InChI=1S/C24H34N2O3/c27-20(26(18-7-3-1-4-8-18)19-9-5-2-6-10-19)13-14-25-23(28)21-16-11-12-17(15-16)22(21)24(25)29/h11-12,16-19,21-22H,1-10,13-15H2/t16-,17-,21-,22-/m0/s1. The molecule has 5 rings (SSSR count). The first-order chi connectivity index (χ1) is 14.1. The molecule has 29 heavy (non-hydrogen) atoms. The first kappa shape index (κ1) is 19.3. The number of rotatable bonds is 5. The van der Waals surface area contributed by atoms with Crippen molar-refractivity contribution in [3.63, 3.8) is 0 Å². The van der Waals surface area contributed by atoms with Crippen LogP contribution in [0.4, 0.5) is 0 Å². The van der Waals surface area contributed by atoms with Crippen molar-refractivity contribution in [3.05, 3.63) is 12.2 Å². The lowest BCUT2D eigenvalue weighted by atomic mass is 9.85. The Balaban J connectivity index is 1.25. The van der Waals surface area contributed by atoms with Crippen LogP contribution in [0.3, 0.4) is 0 Å². The van der Waals surface area contributed by atoms with Crippen molar-refractivity contribution in [1.82, 2.24) is 9.80 Å². The zero-order valence-electron chi connectivity index (χ0n) is 17.4. The van der Waals surface area contributed by atoms with E-state index in [1.54, 1.807) is 0 Å². The Morgan fingerprint density at radius 1 is 0.828 bits per heavy atom. The van der Waals surface area contributed by atoms with Gasteiger partial charge in [0, 0.05) is 25.0 Å². The van der Waals surface area contributed by atoms with Gasteiger partial charge in [-0.15, -0.1) is 0 Å². The molecule has 0 aromatic heterocycles. The summed E-state index contributed by atoms with van der Waals surface area (Å²) in [5.74, 6) is 0.299. The van der Waals surface area contributed by atoms with Gasteiger partial charge in [-0.2, -0.15) is 0 Å². The van der Waals surface area contributed by atoms with Gasteiger partial charge in [-0.3, -0.25) is 19.3 Å². The fraction of sp³-hybridized carbons (Fsp3) is 0.792. The fourth-order valence-corrected chi connectivity index (χ4v) is 6.94. The Hall–Kier alpha value is -1.65. The monoisotopic (exact) mass is 398 g/mol. The first-order valence-corrected chi connectivity index (χ1v) is 12.0. The molecule has 3 saturated carbocycles. The van der Waals surface area contributed by atoms with Crippen LogP contribution < -0.4 is 0 Å². The van der Waals surface area contributed by atoms with Gasteiger partial charge >= 0.3 is 0 Å². The lowest BCUT2D eigenvalue weighted by Gasteiger charge is -2.42. The lowest BCUT2D eigenvalue weighted by molar-refractivity contribution is -0.143. The average molecular weight is 399 g/mol. The SMILES string of the molecule is O=C1[C@@H]2[C@@H](C(=O)N1CCC(=O)N(C1CCCCC1)C1CCCCC1)[C@H]1C=C[C@H]2C1. The summed E-state index contributed by atoms with van der Waals surface area (Å²) in [6, 6.07) is 0.729. The molecule has 1 heterocycles. The quantitative estimate of drug-likeness (QED) is 0.524. The molecule has 5 aliphatic rings. The molecule has 0 aromatic carbocycles. The van der Waals surface area contributed by atoms with Gasteiger partial charge in [0.15, 0.2) is 0 Å². The molecule has 0 radical (unpaired) electrons. The van der Waals surface area contributed by atoms with Crippen LogP contribution in [0.5, 0.6) is 0 Å². The van der Waals surface area contributed by atoms with E-state index in [0.717, 1.165) is 32.1 Å². The van der Waals surface area contributed by atoms with Crippen molar-refractivity contribution in [2.75, 3.05) is 6.54 Å². The zero-order chi connectivity index (χ0) is 20.0. The summed E-state index contributed by atoms with van der Waals surface area (Å²) in [7, 11) is 0. The molecule has 2 bridgehead atoms. The van der Waals surface area contributed by atoms with E-state index >= 15 is 0 Å². The van der Waals surface area contributed by atoms with Crippen LogP contribution in [-0.4, -0.2) is 46.1 Å². The number of carbonyl (C=O) groups is 3. The minimum atomic E-state index is -0.152. The molecule has 158 valence electrons. The van der Waals surface area contributed by atoms with E-state index in [1.807, 2.05) is 0 Å². The van der Waals surface area contributed by atoms with E-state index in [2.05, 4.69) is 17.1 Å². The highest BCUT2D eigenvalue weighted by molar-refractivity contribution is 6.06. The fourth-order valence-electron chi connectivity index (χ4n) is 6.94. The molecule has 5 heteroatoms. The maximum absolute atomic E-state index is 13.4. The Labute approximate surface area is 173 Å². The number of carbonyl (C=O) groups excluding carboxylic acids is 3. The number of imide groups is 1. The molecule has 1 aliphatic heterocycles. The number of nitrogens with zero attached hydrogens (tertiary/aromatic N) is 2. The summed E-state index contributed by atoms with van der Waals surface area (Å²) in [4.78, 5) is 42.8. The Morgan fingerprint density at radius 3 is 1.79 bits per heavy atom. The van der Waals surface area contributed by atoms with E-state index in [4.69, 9.17) is 0 Å². The predicted molar refractivity (Wildman–Crippen MR) is 110 cm³/mol. The maximum Gasteiger partial charge on any atom is 0.233 e. The highest BCUT2D eigenvalue weighted by Gasteiger charge is 2.59. The third-order valence-corrected chi connectivity index (χ3v) is 8.34. The lowest BCUT2D eigenvalue weighted by Crippen LogP contribution is -2.49. The van der Waals surface area contributed by atoms with Gasteiger partial charge in [-0.05, 0) is 43.9 Å². The van der Waals surface area contributed by atoms with Gasteiger partial charge in [0.2, 0.25) is 17.7 Å². The van der Waals surface area contributed by atoms with Crippen LogP contribution in [0.1, 0.15) is 77.0 Å². The molecule has 1 saturated heterocycles. The molecule has 4 fully saturated rings. The van der Waals surface area contributed by atoms with E-state index < -0.39 is 0 Å². The topological polar surface area (TPSA) is 57.7 Å². The molecular formula is C24H34N2O3. The third kappa shape index (κ3) is 3.34. The van der Waals surface area contributed by atoms with Gasteiger partial charge < -0.3 is 4.90 Å². The van der Waals surface area contributed by atoms with E-state index in [9.17, 15) is 14.4 Å². The largest absolute Gasteiger partial charge is 0.337 e. The smallest absolute Gasteiger partial charge is 0.233 e. The predicted octanol–water partition coefficient (Wildman–Crippen LogP) is 3.68. The van der Waals surface area contributed by atoms with Crippen LogP contribution in [-0.2, 0) is 14.4 Å². The molecular weight excluding hydrogens is 364 g/mol. The minimum Gasteiger partial charge on any atom is -0.337 e. The maximum atomic E-state index is 13.4. The van der Waals surface area contributed by atoms with Crippen LogP contribution in [0, 0.1) is 23.7 Å². The highest BCUT2D eigenvalue weighted by atomic mass is 16.2. The van der Waals surface area contributed by atoms with Crippen molar-refractivity contribution < 1.29 is 14.4 Å². The second-order valence-corrected chi connectivity index (χ2v) is 9.96. The average Bonchev–Trinajstić information content (AvgIpc) is 3.43. The van der Waals surface area contributed by atoms with Crippen molar-refractivity contribution in [2.45, 2.75) is 89.1 Å². The van der Waals surface area contributed by atoms with Crippen LogP contribution >= 0.6 is 0 Å². The van der Waals surface area contributed by atoms with E-state index in [-0.39, 0.29) is 47.9 Å².